The molecule has 0 N–H and O–H groups in total. The first-order chi connectivity index (χ1) is 12.7. The van der Waals surface area contributed by atoms with Gasteiger partial charge < -0.3 is 9.64 Å². The zero-order chi connectivity index (χ0) is 20.1. The Morgan fingerprint density at radius 2 is 1.85 bits per heavy atom. The molecule has 2 aromatic rings. The molecule has 0 aliphatic carbocycles. The summed E-state index contributed by atoms with van der Waals surface area (Å²) in [6.07, 6.45) is 1.70. The summed E-state index contributed by atoms with van der Waals surface area (Å²) in [5.74, 6) is -4.21. The molecular weight excluding hydrogens is 357 g/mol. The van der Waals surface area contributed by atoms with Crippen molar-refractivity contribution in [2.45, 2.75) is 27.4 Å². The van der Waals surface area contributed by atoms with Crippen molar-refractivity contribution in [2.75, 3.05) is 13.6 Å². The van der Waals surface area contributed by atoms with Gasteiger partial charge in [-0.3, -0.25) is 0 Å². The molecule has 144 valence electrons. The first-order valence-corrected chi connectivity index (χ1v) is 8.39. The van der Waals surface area contributed by atoms with Crippen LogP contribution in [0.5, 0.6) is 0 Å². The summed E-state index contributed by atoms with van der Waals surface area (Å²) in [6, 6.07) is 4.60. The third kappa shape index (κ3) is 5.09. The number of carbonyl (C=O) groups is 1. The molecule has 2 rings (SSSR count). The van der Waals surface area contributed by atoms with Gasteiger partial charge in [-0.2, -0.15) is 0 Å². The number of hydrogen-bond acceptors (Lipinski definition) is 3. The fraction of sp³-hybridized carbons (Fsp3) is 0.300. The van der Waals surface area contributed by atoms with E-state index in [1.807, 2.05) is 18.9 Å². The SMILES string of the molecule is CCN(C)/C=N/c1cc(C)c(C(=O)OCc2cc(F)cc(F)c2F)cc1C. The van der Waals surface area contributed by atoms with Crippen molar-refractivity contribution < 1.29 is 22.7 Å². The van der Waals surface area contributed by atoms with Gasteiger partial charge in [-0.1, -0.05) is 0 Å². The molecule has 0 spiro atoms. The summed E-state index contributed by atoms with van der Waals surface area (Å²) in [4.78, 5) is 18.6. The summed E-state index contributed by atoms with van der Waals surface area (Å²) in [7, 11) is 1.89. The van der Waals surface area contributed by atoms with E-state index >= 15 is 0 Å². The minimum atomic E-state index is -1.33. The molecule has 0 aromatic heterocycles. The van der Waals surface area contributed by atoms with Gasteiger partial charge in [0, 0.05) is 25.2 Å². The fourth-order valence-electron chi connectivity index (χ4n) is 2.34. The van der Waals surface area contributed by atoms with Gasteiger partial charge in [0.25, 0.3) is 0 Å². The molecule has 0 fully saturated rings. The third-order valence-corrected chi connectivity index (χ3v) is 4.08. The lowest BCUT2D eigenvalue weighted by Crippen LogP contribution is -2.14. The molecule has 0 aliphatic heterocycles. The maximum absolute atomic E-state index is 13.7. The predicted octanol–water partition coefficient (Wildman–Crippen LogP) is 4.69. The normalized spacial score (nSPS) is 11.1. The zero-order valence-corrected chi connectivity index (χ0v) is 15.6. The Kier molecular flexibility index (Phi) is 6.60. The van der Waals surface area contributed by atoms with Crippen molar-refractivity contribution >= 4 is 18.0 Å². The van der Waals surface area contributed by atoms with Crippen molar-refractivity contribution in [3.63, 3.8) is 0 Å². The molecule has 0 unspecified atom stereocenters. The number of esters is 1. The van der Waals surface area contributed by atoms with Crippen LogP contribution < -0.4 is 0 Å². The van der Waals surface area contributed by atoms with Crippen molar-refractivity contribution in [3.8, 4) is 0 Å². The number of aryl methyl sites for hydroxylation is 2. The molecule has 0 saturated heterocycles. The molecule has 0 atom stereocenters. The zero-order valence-electron chi connectivity index (χ0n) is 15.6. The van der Waals surface area contributed by atoms with Crippen molar-refractivity contribution in [1.29, 1.82) is 0 Å². The quantitative estimate of drug-likeness (QED) is 0.317. The Hall–Kier alpha value is -2.83. The van der Waals surface area contributed by atoms with Crippen LogP contribution in [-0.2, 0) is 11.3 Å². The standard InChI is InChI=1S/C20H21F3N2O2/c1-5-25(4)11-24-18-7-12(2)16(6-13(18)3)20(26)27-10-14-8-15(21)9-17(22)19(14)23/h6-9,11H,5,10H2,1-4H3/b24-11+. The molecule has 4 nitrogen and oxygen atoms in total. The Bertz CT molecular complexity index is 882. The van der Waals surface area contributed by atoms with E-state index < -0.39 is 30.0 Å². The molecular formula is C20H21F3N2O2. The van der Waals surface area contributed by atoms with Crippen LogP contribution in [0.1, 0.15) is 34.0 Å². The van der Waals surface area contributed by atoms with Crippen LogP contribution >= 0.6 is 0 Å². The van der Waals surface area contributed by atoms with Crippen molar-refractivity contribution in [3.05, 3.63) is 64.0 Å². The minimum Gasteiger partial charge on any atom is -0.457 e. The van der Waals surface area contributed by atoms with E-state index in [0.717, 1.165) is 18.2 Å². The summed E-state index contributed by atoms with van der Waals surface area (Å²) in [5.41, 5.74) is 2.02. The van der Waals surface area contributed by atoms with Gasteiger partial charge in [0.1, 0.15) is 12.4 Å². The highest BCUT2D eigenvalue weighted by atomic mass is 19.2. The number of halogens is 3. The molecule has 2 aromatic carbocycles. The van der Waals surface area contributed by atoms with Crippen molar-refractivity contribution in [2.24, 2.45) is 4.99 Å². The van der Waals surface area contributed by atoms with Gasteiger partial charge in [-0.05, 0) is 50.1 Å². The number of nitrogens with zero attached hydrogens (tertiary/aromatic N) is 2. The van der Waals surface area contributed by atoms with E-state index in [4.69, 9.17) is 4.74 Å². The molecule has 0 aliphatic rings. The molecule has 27 heavy (non-hydrogen) atoms. The molecule has 7 heteroatoms. The number of aliphatic imine (C=N–C) groups is 1. The highest BCUT2D eigenvalue weighted by Crippen LogP contribution is 2.24. The molecule has 0 bridgehead atoms. The maximum Gasteiger partial charge on any atom is 0.338 e. The average molecular weight is 378 g/mol. The Labute approximate surface area is 156 Å². The number of carbonyl (C=O) groups excluding carboxylic acids is 1. The van der Waals surface area contributed by atoms with Crippen LogP contribution in [-0.4, -0.2) is 30.8 Å². The molecule has 0 radical (unpaired) electrons. The minimum absolute atomic E-state index is 0.285. The molecule has 0 saturated carbocycles. The van der Waals surface area contributed by atoms with Gasteiger partial charge >= 0.3 is 5.97 Å². The van der Waals surface area contributed by atoms with Crippen LogP contribution in [0.25, 0.3) is 0 Å². The summed E-state index contributed by atoms with van der Waals surface area (Å²) >= 11 is 0. The highest BCUT2D eigenvalue weighted by molar-refractivity contribution is 5.92. The fourth-order valence-corrected chi connectivity index (χ4v) is 2.34. The third-order valence-electron chi connectivity index (χ3n) is 4.08. The average Bonchev–Trinajstić information content (AvgIpc) is 2.63. The van der Waals surface area contributed by atoms with Crippen LogP contribution in [0.3, 0.4) is 0 Å². The Morgan fingerprint density at radius 1 is 1.15 bits per heavy atom. The number of hydrogen-bond donors (Lipinski definition) is 0. The van der Waals surface area contributed by atoms with E-state index in [9.17, 15) is 18.0 Å². The van der Waals surface area contributed by atoms with Crippen molar-refractivity contribution in [1.82, 2.24) is 4.90 Å². The van der Waals surface area contributed by atoms with E-state index in [2.05, 4.69) is 4.99 Å². The lowest BCUT2D eigenvalue weighted by atomic mass is 10.0. The number of rotatable bonds is 6. The largest absolute Gasteiger partial charge is 0.457 e. The number of ether oxygens (including phenoxy) is 1. The Balaban J connectivity index is 2.17. The topological polar surface area (TPSA) is 41.9 Å². The lowest BCUT2D eigenvalue weighted by molar-refractivity contribution is 0.0466. The first-order valence-electron chi connectivity index (χ1n) is 8.39. The van der Waals surface area contributed by atoms with E-state index in [0.29, 0.717) is 17.3 Å². The highest BCUT2D eigenvalue weighted by Gasteiger charge is 2.16. The number of benzene rings is 2. The second kappa shape index (κ2) is 8.70. The van der Waals surface area contributed by atoms with Gasteiger partial charge in [0.15, 0.2) is 11.6 Å². The van der Waals surface area contributed by atoms with E-state index in [1.165, 1.54) is 0 Å². The molecule has 0 heterocycles. The first kappa shape index (κ1) is 20.5. The van der Waals surface area contributed by atoms with Crippen LogP contribution in [0.4, 0.5) is 18.9 Å². The van der Waals surface area contributed by atoms with Gasteiger partial charge in [-0.25, -0.2) is 23.0 Å². The smallest absolute Gasteiger partial charge is 0.338 e. The summed E-state index contributed by atoms with van der Waals surface area (Å²) in [6.45, 7) is 5.76. The monoisotopic (exact) mass is 378 g/mol. The van der Waals surface area contributed by atoms with E-state index in [-0.39, 0.29) is 11.1 Å². The van der Waals surface area contributed by atoms with Gasteiger partial charge in [0.05, 0.1) is 17.6 Å². The lowest BCUT2D eigenvalue weighted by Gasteiger charge is -2.12. The van der Waals surface area contributed by atoms with Crippen LogP contribution in [0.15, 0.2) is 29.3 Å². The second-order valence-corrected chi connectivity index (χ2v) is 6.21. The van der Waals surface area contributed by atoms with Crippen LogP contribution in [0.2, 0.25) is 0 Å². The molecule has 0 amide bonds. The predicted molar refractivity (Wildman–Crippen MR) is 97.8 cm³/mol. The van der Waals surface area contributed by atoms with Gasteiger partial charge in [-0.15, -0.1) is 0 Å². The van der Waals surface area contributed by atoms with E-state index in [1.54, 1.807) is 32.3 Å². The van der Waals surface area contributed by atoms with Crippen LogP contribution in [0, 0.1) is 31.3 Å². The summed E-state index contributed by atoms with van der Waals surface area (Å²) < 4.78 is 45.1. The summed E-state index contributed by atoms with van der Waals surface area (Å²) in [5, 5.41) is 0. The van der Waals surface area contributed by atoms with Gasteiger partial charge in [0.2, 0.25) is 0 Å². The maximum atomic E-state index is 13.7. The second-order valence-electron chi connectivity index (χ2n) is 6.21. The Morgan fingerprint density at radius 3 is 2.52 bits per heavy atom.